The van der Waals surface area contributed by atoms with Crippen LogP contribution in [0.1, 0.15) is 6.92 Å². The predicted molar refractivity (Wildman–Crippen MR) is 37.4 cm³/mol. The molecule has 0 amide bonds. The third-order valence-electron chi connectivity index (χ3n) is 1.33. The first kappa shape index (κ1) is 11.9. The molecule has 0 bridgehead atoms. The number of hydrogen-bond donors (Lipinski definition) is 0. The molecule has 0 atom stereocenters. The lowest BCUT2D eigenvalue weighted by atomic mass is 11.0. The normalized spacial score (nSPS) is 13.5. The molecule has 0 aliphatic carbocycles. The number of hydrogen-bond acceptors (Lipinski definition) is 3. The fourth-order valence-electron chi connectivity index (χ4n) is 0.704. The van der Waals surface area contributed by atoms with Crippen molar-refractivity contribution >= 4 is 8.80 Å². The maximum absolute atomic E-state index is 11.8. The second kappa shape index (κ2) is 4.22. The SMILES string of the molecule is CC[Si](OC)(OC)OC(F)(F)F. The van der Waals surface area contributed by atoms with E-state index in [-0.39, 0.29) is 6.04 Å². The van der Waals surface area contributed by atoms with Gasteiger partial charge in [0.25, 0.3) is 0 Å². The molecule has 0 saturated heterocycles. The first-order valence-electron chi connectivity index (χ1n) is 3.26. The quantitative estimate of drug-likeness (QED) is 0.653. The van der Waals surface area contributed by atoms with Gasteiger partial charge in [0.2, 0.25) is 0 Å². The highest BCUT2D eigenvalue weighted by Gasteiger charge is 2.48. The third-order valence-corrected chi connectivity index (χ3v) is 3.98. The monoisotopic (exact) mass is 204 g/mol. The Morgan fingerprint density at radius 2 is 1.58 bits per heavy atom. The van der Waals surface area contributed by atoms with Crippen molar-refractivity contribution in [3.8, 4) is 0 Å². The van der Waals surface area contributed by atoms with Crippen LogP contribution in [-0.2, 0) is 13.3 Å². The van der Waals surface area contributed by atoms with Crippen molar-refractivity contribution in [1.29, 1.82) is 0 Å². The zero-order valence-corrected chi connectivity index (χ0v) is 8.07. The molecule has 0 N–H and O–H groups in total. The van der Waals surface area contributed by atoms with E-state index in [1.165, 1.54) is 6.92 Å². The van der Waals surface area contributed by atoms with E-state index < -0.39 is 15.2 Å². The standard InChI is InChI=1S/C5H11F3O3Si/c1-4-12(9-2,10-3)11-5(6,7)8/h4H2,1-3H3. The second-order valence-electron chi connectivity index (χ2n) is 1.99. The molecular weight excluding hydrogens is 193 g/mol. The number of rotatable bonds is 4. The Hall–Kier alpha value is -0.113. The average Bonchev–Trinajstić information content (AvgIpc) is 1.99. The lowest BCUT2D eigenvalue weighted by Crippen LogP contribution is -2.47. The lowest BCUT2D eigenvalue weighted by Gasteiger charge is -2.25. The van der Waals surface area contributed by atoms with Gasteiger partial charge in [-0.1, -0.05) is 6.92 Å². The van der Waals surface area contributed by atoms with Crippen molar-refractivity contribution < 1.29 is 26.4 Å². The molecule has 0 unspecified atom stereocenters. The van der Waals surface area contributed by atoms with E-state index in [9.17, 15) is 13.2 Å². The Kier molecular flexibility index (Phi) is 4.18. The summed E-state index contributed by atoms with van der Waals surface area (Å²) in [5, 5.41) is 0. The molecule has 0 fully saturated rings. The fraction of sp³-hybridized carbons (Fsp3) is 1.00. The minimum Gasteiger partial charge on any atom is -0.377 e. The molecule has 0 aromatic rings. The Morgan fingerprint density at radius 3 is 1.67 bits per heavy atom. The van der Waals surface area contributed by atoms with Crippen molar-refractivity contribution in [3.05, 3.63) is 0 Å². The summed E-state index contributed by atoms with van der Waals surface area (Å²) in [6.45, 7) is 1.52. The molecule has 0 rings (SSSR count). The third kappa shape index (κ3) is 3.52. The summed E-state index contributed by atoms with van der Waals surface area (Å²) in [7, 11) is -1.19. The van der Waals surface area contributed by atoms with E-state index in [1.807, 2.05) is 0 Å². The Bertz CT molecular complexity index is 126. The largest absolute Gasteiger partial charge is 0.516 e. The van der Waals surface area contributed by atoms with Crippen LogP contribution >= 0.6 is 0 Å². The van der Waals surface area contributed by atoms with Crippen molar-refractivity contribution in [3.63, 3.8) is 0 Å². The topological polar surface area (TPSA) is 27.7 Å². The number of alkyl halides is 3. The van der Waals surface area contributed by atoms with Gasteiger partial charge in [-0.15, -0.1) is 13.2 Å². The van der Waals surface area contributed by atoms with Crippen LogP contribution in [0.3, 0.4) is 0 Å². The fourth-order valence-corrected chi connectivity index (χ4v) is 2.11. The highest BCUT2D eigenvalue weighted by molar-refractivity contribution is 6.60. The second-order valence-corrected chi connectivity index (χ2v) is 5.09. The highest BCUT2D eigenvalue weighted by atomic mass is 28.4. The Balaban J connectivity index is 4.30. The van der Waals surface area contributed by atoms with Gasteiger partial charge in [0.15, 0.2) is 0 Å². The van der Waals surface area contributed by atoms with Crippen LogP contribution in [0.2, 0.25) is 6.04 Å². The van der Waals surface area contributed by atoms with Crippen LogP contribution in [0, 0.1) is 0 Å². The molecule has 0 saturated carbocycles. The molecule has 0 spiro atoms. The van der Waals surface area contributed by atoms with E-state index in [0.29, 0.717) is 0 Å². The molecule has 0 aromatic heterocycles. The van der Waals surface area contributed by atoms with Gasteiger partial charge in [0, 0.05) is 20.3 Å². The van der Waals surface area contributed by atoms with Crippen molar-refractivity contribution in [2.24, 2.45) is 0 Å². The highest BCUT2D eigenvalue weighted by Crippen LogP contribution is 2.25. The summed E-state index contributed by atoms with van der Waals surface area (Å²) in [4.78, 5) is 0. The van der Waals surface area contributed by atoms with Gasteiger partial charge in [-0.2, -0.15) is 0 Å². The first-order valence-corrected chi connectivity index (χ1v) is 5.19. The molecule has 0 radical (unpaired) electrons. The summed E-state index contributed by atoms with van der Waals surface area (Å²) >= 11 is 0. The number of halogens is 3. The van der Waals surface area contributed by atoms with E-state index in [4.69, 9.17) is 0 Å². The summed E-state index contributed by atoms with van der Waals surface area (Å²) < 4.78 is 48.2. The molecule has 3 nitrogen and oxygen atoms in total. The molecule has 0 heterocycles. The molecule has 0 aliphatic rings. The van der Waals surface area contributed by atoms with Crippen LogP contribution < -0.4 is 0 Å². The van der Waals surface area contributed by atoms with Crippen molar-refractivity contribution in [1.82, 2.24) is 0 Å². The molecular formula is C5H11F3O3Si. The van der Waals surface area contributed by atoms with Crippen LogP contribution in [0.25, 0.3) is 0 Å². The molecule has 74 valence electrons. The van der Waals surface area contributed by atoms with Crippen LogP contribution in [-0.4, -0.2) is 29.4 Å². The van der Waals surface area contributed by atoms with E-state index in [2.05, 4.69) is 13.3 Å². The predicted octanol–water partition coefficient (Wildman–Crippen LogP) is 1.77. The Labute approximate surface area is 69.8 Å². The minimum absolute atomic E-state index is 0.0828. The summed E-state index contributed by atoms with van der Waals surface area (Å²) in [6, 6.07) is 0.0828. The smallest absolute Gasteiger partial charge is 0.377 e. The van der Waals surface area contributed by atoms with Crippen LogP contribution in [0.4, 0.5) is 13.2 Å². The van der Waals surface area contributed by atoms with E-state index in [0.717, 1.165) is 14.2 Å². The summed E-state index contributed by atoms with van der Waals surface area (Å²) in [5.41, 5.74) is 0. The zero-order valence-electron chi connectivity index (χ0n) is 7.07. The van der Waals surface area contributed by atoms with Crippen LogP contribution in [0.5, 0.6) is 0 Å². The van der Waals surface area contributed by atoms with Gasteiger partial charge >= 0.3 is 15.2 Å². The first-order chi connectivity index (χ1) is 5.39. The lowest BCUT2D eigenvalue weighted by molar-refractivity contribution is -0.295. The molecule has 0 aromatic carbocycles. The summed E-state index contributed by atoms with van der Waals surface area (Å²) in [5.74, 6) is 0. The van der Waals surface area contributed by atoms with Gasteiger partial charge in [-0.3, -0.25) is 4.43 Å². The van der Waals surface area contributed by atoms with Gasteiger partial charge in [0.1, 0.15) is 0 Å². The Morgan fingerprint density at radius 1 is 1.17 bits per heavy atom. The minimum atomic E-state index is -4.70. The van der Waals surface area contributed by atoms with Gasteiger partial charge in [-0.05, 0) is 0 Å². The maximum atomic E-state index is 11.8. The van der Waals surface area contributed by atoms with Gasteiger partial charge in [-0.25, -0.2) is 0 Å². The van der Waals surface area contributed by atoms with Crippen molar-refractivity contribution in [2.45, 2.75) is 19.3 Å². The van der Waals surface area contributed by atoms with Crippen LogP contribution in [0.15, 0.2) is 0 Å². The molecule has 12 heavy (non-hydrogen) atoms. The average molecular weight is 204 g/mol. The maximum Gasteiger partial charge on any atom is 0.516 e. The molecule has 7 heteroatoms. The zero-order chi connectivity index (χ0) is 9.83. The summed E-state index contributed by atoms with van der Waals surface area (Å²) in [6.07, 6.45) is -4.70. The van der Waals surface area contributed by atoms with Gasteiger partial charge in [0.05, 0.1) is 0 Å². The van der Waals surface area contributed by atoms with Gasteiger partial charge < -0.3 is 8.85 Å². The van der Waals surface area contributed by atoms with Crippen molar-refractivity contribution in [2.75, 3.05) is 14.2 Å². The van der Waals surface area contributed by atoms with E-state index in [1.54, 1.807) is 0 Å². The molecule has 0 aliphatic heterocycles. The van der Waals surface area contributed by atoms with E-state index >= 15 is 0 Å².